The predicted octanol–water partition coefficient (Wildman–Crippen LogP) is 33.5. The number of rotatable bonds is 85. The fourth-order valence-corrected chi connectivity index (χ4v) is 15.5. The van der Waals surface area contributed by atoms with E-state index in [1.165, 1.54) is 533 Å². The molecule has 2 unspecified atom stereocenters. The molecule has 90 heavy (non-hydrogen) atoms. The summed E-state index contributed by atoms with van der Waals surface area (Å²) < 4.78 is 0. The van der Waals surface area contributed by atoms with Crippen molar-refractivity contribution in [2.24, 2.45) is 11.8 Å². The van der Waals surface area contributed by atoms with Gasteiger partial charge in [-0.15, -0.1) is 0 Å². The molecule has 0 fully saturated rings. The molecular weight excluding hydrogens is 1080 g/mol. The van der Waals surface area contributed by atoms with E-state index in [9.17, 15) is 0 Å². The van der Waals surface area contributed by atoms with Gasteiger partial charge < -0.3 is 5.32 Å². The van der Waals surface area contributed by atoms with E-state index < -0.39 is 0 Å². The van der Waals surface area contributed by atoms with Crippen molar-refractivity contribution in [1.29, 1.82) is 0 Å². The molecule has 1 heteroatoms. The average molecular weight is 1270 g/mol. The van der Waals surface area contributed by atoms with Crippen molar-refractivity contribution in [2.75, 3.05) is 13.1 Å². The first-order valence-corrected chi connectivity index (χ1v) is 44.5. The number of hydrogen-bond donors (Lipinski definition) is 1. The van der Waals surface area contributed by atoms with E-state index in [-0.39, 0.29) is 0 Å². The summed E-state index contributed by atoms with van der Waals surface area (Å²) in [7, 11) is 0. The molecular formula is C89H181N. The van der Waals surface area contributed by atoms with Gasteiger partial charge in [-0.3, -0.25) is 0 Å². The zero-order valence-electron chi connectivity index (χ0n) is 64.3. The van der Waals surface area contributed by atoms with Crippen LogP contribution in [-0.2, 0) is 0 Å². The van der Waals surface area contributed by atoms with Crippen molar-refractivity contribution in [3.8, 4) is 0 Å². The summed E-state index contributed by atoms with van der Waals surface area (Å²) >= 11 is 0. The predicted molar refractivity (Wildman–Crippen MR) is 417 cm³/mol. The van der Waals surface area contributed by atoms with Gasteiger partial charge in [-0.05, 0) is 37.8 Å². The lowest BCUT2D eigenvalue weighted by molar-refractivity contribution is 0.312. The van der Waals surface area contributed by atoms with Gasteiger partial charge in [0, 0.05) is 0 Å². The maximum Gasteiger partial charge on any atom is -0.00463 e. The summed E-state index contributed by atoms with van der Waals surface area (Å²) in [5.74, 6) is 1.93. The molecule has 0 spiro atoms. The van der Waals surface area contributed by atoms with Crippen LogP contribution in [0.1, 0.15) is 548 Å². The van der Waals surface area contributed by atoms with E-state index in [0.717, 1.165) is 11.8 Å². The second-order valence-corrected chi connectivity index (χ2v) is 31.3. The van der Waals surface area contributed by atoms with E-state index in [4.69, 9.17) is 0 Å². The third kappa shape index (κ3) is 80.4. The van der Waals surface area contributed by atoms with Gasteiger partial charge in [0.05, 0.1) is 0 Å². The van der Waals surface area contributed by atoms with Crippen LogP contribution in [0.25, 0.3) is 0 Å². The molecule has 2 atom stereocenters. The van der Waals surface area contributed by atoms with Gasteiger partial charge in [-0.25, -0.2) is 0 Å². The van der Waals surface area contributed by atoms with E-state index >= 15 is 0 Å². The van der Waals surface area contributed by atoms with Crippen molar-refractivity contribution in [3.05, 3.63) is 0 Å². The van der Waals surface area contributed by atoms with E-state index in [1.807, 2.05) is 0 Å². The molecule has 1 nitrogen and oxygen atoms in total. The maximum atomic E-state index is 4.00. The lowest BCUT2D eigenvalue weighted by Gasteiger charge is -2.22. The molecule has 0 aliphatic heterocycles. The first kappa shape index (κ1) is 90.0. The molecule has 0 rings (SSSR count). The SMILES string of the molecule is CCCCCCCCCCCCCCCCCCCCCCCC(CCCCCCCCCCCCCCCCCCCC)CCC(CCCCCCCCCCCCCCCCCCCC)CCNCCCCCCCCCCCCCCCCCCCC. The normalized spacial score (nSPS) is 12.5. The number of nitrogens with one attached hydrogen (secondary N) is 1. The van der Waals surface area contributed by atoms with Crippen molar-refractivity contribution in [2.45, 2.75) is 548 Å². The molecule has 0 saturated carbocycles. The van der Waals surface area contributed by atoms with Gasteiger partial charge in [0.25, 0.3) is 0 Å². The van der Waals surface area contributed by atoms with Gasteiger partial charge in [0.15, 0.2) is 0 Å². The molecule has 0 bridgehead atoms. The Morgan fingerprint density at radius 2 is 0.256 bits per heavy atom. The minimum Gasteiger partial charge on any atom is -0.317 e. The van der Waals surface area contributed by atoms with Crippen LogP contribution >= 0.6 is 0 Å². The maximum absolute atomic E-state index is 4.00. The molecule has 0 aliphatic carbocycles. The van der Waals surface area contributed by atoms with Crippen LogP contribution in [0, 0.1) is 11.8 Å². The van der Waals surface area contributed by atoms with Crippen molar-refractivity contribution in [3.63, 3.8) is 0 Å². The Morgan fingerprint density at radius 3 is 0.422 bits per heavy atom. The summed E-state index contributed by atoms with van der Waals surface area (Å²) in [6, 6.07) is 0. The van der Waals surface area contributed by atoms with Crippen LogP contribution in [0.5, 0.6) is 0 Å². The van der Waals surface area contributed by atoms with Gasteiger partial charge in [-0.1, -0.05) is 535 Å². The Labute approximate surface area is 574 Å². The summed E-state index contributed by atoms with van der Waals surface area (Å²) in [6.45, 7) is 11.8. The summed E-state index contributed by atoms with van der Waals surface area (Å²) in [6.07, 6.45) is 120. The van der Waals surface area contributed by atoms with Crippen LogP contribution in [0.3, 0.4) is 0 Å². The topological polar surface area (TPSA) is 12.0 Å². The number of hydrogen-bond acceptors (Lipinski definition) is 1. The fourth-order valence-electron chi connectivity index (χ4n) is 15.5. The Hall–Kier alpha value is -0.0400. The van der Waals surface area contributed by atoms with Crippen molar-refractivity contribution < 1.29 is 0 Å². The Bertz CT molecular complexity index is 1090. The van der Waals surface area contributed by atoms with Crippen LogP contribution < -0.4 is 5.32 Å². The first-order valence-electron chi connectivity index (χ1n) is 44.5. The zero-order chi connectivity index (χ0) is 64.6. The molecule has 0 amide bonds. The molecule has 0 saturated heterocycles. The standard InChI is InChI=1S/C89H181N/c1-5-9-13-17-21-25-29-33-37-41-45-46-47-50-53-57-61-65-69-73-77-81-88(80-76-72-68-64-60-56-52-48-42-38-34-30-26-22-18-14-10-6-2)83-84-89(82-78-74-70-66-62-58-54-49-43-39-35-31-27-23-19-15-11-7-3)85-87-90-86-79-75-71-67-63-59-55-51-44-40-36-32-28-24-20-16-12-8-4/h88-90H,5-87H2,1-4H3. The van der Waals surface area contributed by atoms with E-state index in [2.05, 4.69) is 33.0 Å². The summed E-state index contributed by atoms with van der Waals surface area (Å²) in [4.78, 5) is 0. The molecule has 0 aromatic carbocycles. The minimum atomic E-state index is 0.946. The van der Waals surface area contributed by atoms with E-state index in [1.54, 1.807) is 0 Å². The fraction of sp³-hybridized carbons (Fsp3) is 1.00. The van der Waals surface area contributed by atoms with Gasteiger partial charge >= 0.3 is 0 Å². The van der Waals surface area contributed by atoms with Crippen molar-refractivity contribution in [1.82, 2.24) is 5.32 Å². The third-order valence-electron chi connectivity index (χ3n) is 22.1. The summed E-state index contributed by atoms with van der Waals surface area (Å²) in [5, 5.41) is 4.00. The molecule has 0 heterocycles. The van der Waals surface area contributed by atoms with E-state index in [0.29, 0.717) is 0 Å². The van der Waals surface area contributed by atoms with Crippen LogP contribution in [-0.4, -0.2) is 13.1 Å². The van der Waals surface area contributed by atoms with Gasteiger partial charge in [0.1, 0.15) is 0 Å². The second-order valence-electron chi connectivity index (χ2n) is 31.3. The average Bonchev–Trinajstić information content (AvgIpc) is 3.71. The van der Waals surface area contributed by atoms with Crippen LogP contribution in [0.2, 0.25) is 0 Å². The molecule has 0 aromatic rings. The Balaban J connectivity index is 4.87. The Kier molecular flexibility index (Phi) is 85.0. The summed E-state index contributed by atoms with van der Waals surface area (Å²) in [5.41, 5.74) is 0. The largest absolute Gasteiger partial charge is 0.317 e. The highest BCUT2D eigenvalue weighted by Crippen LogP contribution is 2.29. The quantitative estimate of drug-likeness (QED) is 0.0599. The molecule has 0 radical (unpaired) electrons. The number of unbranched alkanes of at least 4 members (excludes halogenated alkanes) is 71. The minimum absolute atomic E-state index is 0.946. The smallest absolute Gasteiger partial charge is 0.00463 e. The Morgan fingerprint density at radius 1 is 0.122 bits per heavy atom. The highest BCUT2D eigenvalue weighted by molar-refractivity contribution is 4.69. The lowest BCUT2D eigenvalue weighted by atomic mass is 9.85. The molecule has 542 valence electrons. The highest BCUT2D eigenvalue weighted by Gasteiger charge is 2.15. The van der Waals surface area contributed by atoms with Gasteiger partial charge in [-0.2, -0.15) is 0 Å². The van der Waals surface area contributed by atoms with Crippen molar-refractivity contribution >= 4 is 0 Å². The molecule has 1 N–H and O–H groups in total. The van der Waals surface area contributed by atoms with Crippen LogP contribution in [0.15, 0.2) is 0 Å². The second kappa shape index (κ2) is 85.0. The monoisotopic (exact) mass is 1260 g/mol. The lowest BCUT2D eigenvalue weighted by Crippen LogP contribution is -2.20. The van der Waals surface area contributed by atoms with Crippen LogP contribution in [0.4, 0.5) is 0 Å². The van der Waals surface area contributed by atoms with Gasteiger partial charge in [0.2, 0.25) is 0 Å². The molecule has 0 aromatic heterocycles. The molecule has 0 aliphatic rings. The zero-order valence-corrected chi connectivity index (χ0v) is 64.3. The third-order valence-corrected chi connectivity index (χ3v) is 22.1. The highest BCUT2D eigenvalue weighted by atomic mass is 14.8. The first-order chi connectivity index (χ1) is 44.8.